The zero-order valence-corrected chi connectivity index (χ0v) is 10.2. The monoisotopic (exact) mass is 244 g/mol. The SMILES string of the molecule is O=C(O)/C=C1\CC2(CCCC2)Oc2ccccc21. The lowest BCUT2D eigenvalue weighted by Crippen LogP contribution is -2.36. The summed E-state index contributed by atoms with van der Waals surface area (Å²) in [5.74, 6) is -0.0481. The van der Waals surface area contributed by atoms with Crippen molar-refractivity contribution in [2.45, 2.75) is 37.7 Å². The number of carboxylic acids is 1. The Morgan fingerprint density at radius 1 is 1.28 bits per heavy atom. The molecule has 1 saturated carbocycles. The topological polar surface area (TPSA) is 46.5 Å². The highest BCUT2D eigenvalue weighted by molar-refractivity contribution is 5.91. The van der Waals surface area contributed by atoms with E-state index >= 15 is 0 Å². The Hall–Kier alpha value is -1.77. The summed E-state index contributed by atoms with van der Waals surface area (Å²) in [6.45, 7) is 0. The Morgan fingerprint density at radius 3 is 2.72 bits per heavy atom. The first-order chi connectivity index (χ1) is 8.69. The van der Waals surface area contributed by atoms with E-state index in [-0.39, 0.29) is 5.60 Å². The third kappa shape index (κ3) is 1.90. The van der Waals surface area contributed by atoms with Crippen LogP contribution < -0.4 is 4.74 Å². The van der Waals surface area contributed by atoms with E-state index < -0.39 is 5.97 Å². The van der Waals surface area contributed by atoms with Crippen LogP contribution in [0.5, 0.6) is 5.75 Å². The number of aliphatic carboxylic acids is 1. The lowest BCUT2D eigenvalue weighted by molar-refractivity contribution is -0.131. The molecule has 0 radical (unpaired) electrons. The Morgan fingerprint density at radius 2 is 2.00 bits per heavy atom. The molecule has 1 spiro atoms. The number of benzene rings is 1. The third-order valence-electron chi connectivity index (χ3n) is 3.88. The minimum atomic E-state index is -0.880. The summed E-state index contributed by atoms with van der Waals surface area (Å²) >= 11 is 0. The highest BCUT2D eigenvalue weighted by Crippen LogP contribution is 2.47. The quantitative estimate of drug-likeness (QED) is 0.771. The maximum absolute atomic E-state index is 11.0. The first-order valence-corrected chi connectivity index (χ1v) is 6.40. The molecule has 3 rings (SSSR count). The number of rotatable bonds is 1. The molecule has 0 bridgehead atoms. The fourth-order valence-corrected chi connectivity index (χ4v) is 3.11. The van der Waals surface area contributed by atoms with Gasteiger partial charge in [-0.3, -0.25) is 0 Å². The molecule has 1 N–H and O–H groups in total. The van der Waals surface area contributed by atoms with Crippen molar-refractivity contribution >= 4 is 11.5 Å². The van der Waals surface area contributed by atoms with Crippen molar-refractivity contribution in [2.24, 2.45) is 0 Å². The van der Waals surface area contributed by atoms with E-state index in [1.165, 1.54) is 18.9 Å². The van der Waals surface area contributed by atoms with Crippen LogP contribution in [0.4, 0.5) is 0 Å². The molecular weight excluding hydrogens is 228 g/mol. The zero-order valence-electron chi connectivity index (χ0n) is 10.2. The van der Waals surface area contributed by atoms with Crippen LogP contribution in [-0.2, 0) is 4.79 Å². The van der Waals surface area contributed by atoms with Crippen LogP contribution >= 0.6 is 0 Å². The van der Waals surface area contributed by atoms with Gasteiger partial charge >= 0.3 is 5.97 Å². The van der Waals surface area contributed by atoms with E-state index in [1.54, 1.807) is 0 Å². The largest absolute Gasteiger partial charge is 0.486 e. The smallest absolute Gasteiger partial charge is 0.328 e. The number of carbonyl (C=O) groups is 1. The van der Waals surface area contributed by atoms with E-state index in [4.69, 9.17) is 9.84 Å². The Balaban J connectivity index is 2.06. The predicted molar refractivity (Wildman–Crippen MR) is 68.5 cm³/mol. The number of fused-ring (bicyclic) bond motifs is 1. The maximum atomic E-state index is 11.0. The molecule has 18 heavy (non-hydrogen) atoms. The minimum Gasteiger partial charge on any atom is -0.486 e. The second-order valence-corrected chi connectivity index (χ2v) is 5.17. The van der Waals surface area contributed by atoms with E-state index in [2.05, 4.69) is 0 Å². The van der Waals surface area contributed by atoms with Crippen LogP contribution in [0.2, 0.25) is 0 Å². The zero-order chi connectivity index (χ0) is 12.6. The van der Waals surface area contributed by atoms with Crippen molar-refractivity contribution in [3.05, 3.63) is 35.9 Å². The van der Waals surface area contributed by atoms with Crippen molar-refractivity contribution in [2.75, 3.05) is 0 Å². The number of ether oxygens (including phenoxy) is 1. The summed E-state index contributed by atoms with van der Waals surface area (Å²) in [5.41, 5.74) is 1.67. The van der Waals surface area contributed by atoms with Crippen molar-refractivity contribution in [3.8, 4) is 5.75 Å². The molecule has 1 heterocycles. The molecule has 94 valence electrons. The Kier molecular flexibility index (Phi) is 2.62. The first-order valence-electron chi connectivity index (χ1n) is 6.40. The van der Waals surface area contributed by atoms with Gasteiger partial charge in [-0.15, -0.1) is 0 Å². The lowest BCUT2D eigenvalue weighted by Gasteiger charge is -2.37. The third-order valence-corrected chi connectivity index (χ3v) is 3.88. The van der Waals surface area contributed by atoms with E-state index in [0.29, 0.717) is 0 Å². The molecule has 0 aromatic heterocycles. The number of para-hydroxylation sites is 1. The number of carboxylic acid groups (broad SMARTS) is 1. The molecule has 1 fully saturated rings. The van der Waals surface area contributed by atoms with Gasteiger partial charge in [0.1, 0.15) is 11.4 Å². The van der Waals surface area contributed by atoms with E-state index in [9.17, 15) is 4.79 Å². The van der Waals surface area contributed by atoms with Gasteiger partial charge in [0.2, 0.25) is 0 Å². The molecule has 1 aliphatic carbocycles. The van der Waals surface area contributed by atoms with Crippen LogP contribution in [-0.4, -0.2) is 16.7 Å². The second-order valence-electron chi connectivity index (χ2n) is 5.17. The van der Waals surface area contributed by atoms with E-state index in [1.807, 2.05) is 24.3 Å². The molecule has 2 aliphatic rings. The summed E-state index contributed by atoms with van der Waals surface area (Å²) in [4.78, 5) is 11.0. The fourth-order valence-electron chi connectivity index (χ4n) is 3.11. The van der Waals surface area contributed by atoms with Crippen LogP contribution in [0.25, 0.3) is 5.57 Å². The van der Waals surface area contributed by atoms with Gasteiger partial charge in [0.15, 0.2) is 0 Å². The Labute approximate surface area is 106 Å². The van der Waals surface area contributed by atoms with Gasteiger partial charge in [-0.1, -0.05) is 18.2 Å². The van der Waals surface area contributed by atoms with Crippen LogP contribution in [0.1, 0.15) is 37.7 Å². The van der Waals surface area contributed by atoms with Gasteiger partial charge in [0.25, 0.3) is 0 Å². The molecule has 0 atom stereocenters. The molecule has 1 aromatic carbocycles. The molecule has 0 unspecified atom stereocenters. The van der Waals surface area contributed by atoms with Crippen molar-refractivity contribution in [1.82, 2.24) is 0 Å². The summed E-state index contributed by atoms with van der Waals surface area (Å²) in [7, 11) is 0. The Bertz CT molecular complexity index is 510. The fraction of sp³-hybridized carbons (Fsp3) is 0.400. The van der Waals surface area contributed by atoms with Gasteiger partial charge in [-0.25, -0.2) is 4.79 Å². The second kappa shape index (κ2) is 4.16. The maximum Gasteiger partial charge on any atom is 0.328 e. The summed E-state index contributed by atoms with van der Waals surface area (Å²) in [5, 5.41) is 9.01. The number of hydrogen-bond acceptors (Lipinski definition) is 2. The minimum absolute atomic E-state index is 0.157. The van der Waals surface area contributed by atoms with Gasteiger partial charge in [0.05, 0.1) is 0 Å². The molecule has 1 aromatic rings. The highest BCUT2D eigenvalue weighted by atomic mass is 16.5. The number of hydrogen-bond donors (Lipinski definition) is 1. The van der Waals surface area contributed by atoms with Gasteiger partial charge in [-0.2, -0.15) is 0 Å². The summed E-state index contributed by atoms with van der Waals surface area (Å²) in [6.07, 6.45) is 6.44. The molecule has 3 heteroatoms. The van der Waals surface area contributed by atoms with Crippen LogP contribution in [0.15, 0.2) is 30.3 Å². The highest BCUT2D eigenvalue weighted by Gasteiger charge is 2.40. The molecular formula is C15H16O3. The molecule has 0 saturated heterocycles. The lowest BCUT2D eigenvalue weighted by atomic mass is 9.85. The first kappa shape index (κ1) is 11.3. The van der Waals surface area contributed by atoms with Gasteiger partial charge < -0.3 is 9.84 Å². The van der Waals surface area contributed by atoms with Gasteiger partial charge in [0, 0.05) is 18.1 Å². The standard InChI is InChI=1S/C15H16O3/c16-14(17)9-11-10-15(7-3-4-8-15)18-13-6-2-1-5-12(11)13/h1-2,5-6,9H,3-4,7-8,10H2,(H,16,17)/b11-9+. The molecule has 0 amide bonds. The van der Waals surface area contributed by atoms with Crippen LogP contribution in [0.3, 0.4) is 0 Å². The summed E-state index contributed by atoms with van der Waals surface area (Å²) < 4.78 is 6.16. The molecule has 3 nitrogen and oxygen atoms in total. The summed E-state index contributed by atoms with van der Waals surface area (Å²) in [6, 6.07) is 7.73. The average Bonchev–Trinajstić information content (AvgIpc) is 2.76. The van der Waals surface area contributed by atoms with Crippen molar-refractivity contribution < 1.29 is 14.6 Å². The van der Waals surface area contributed by atoms with Crippen LogP contribution in [0, 0.1) is 0 Å². The predicted octanol–water partition coefficient (Wildman–Crippen LogP) is 3.25. The van der Waals surface area contributed by atoms with Crippen molar-refractivity contribution in [3.63, 3.8) is 0 Å². The average molecular weight is 244 g/mol. The normalized spacial score (nSPS) is 22.8. The van der Waals surface area contributed by atoms with Gasteiger partial charge in [-0.05, 0) is 37.3 Å². The molecule has 1 aliphatic heterocycles. The van der Waals surface area contributed by atoms with Crippen molar-refractivity contribution in [1.29, 1.82) is 0 Å². The van der Waals surface area contributed by atoms with E-state index in [0.717, 1.165) is 36.1 Å².